The Labute approximate surface area is 209 Å². The summed E-state index contributed by atoms with van der Waals surface area (Å²) in [6.45, 7) is 1.73. The molecule has 3 atom stereocenters. The number of fused-ring (bicyclic) bond motifs is 2. The van der Waals surface area contributed by atoms with Crippen molar-refractivity contribution in [3.8, 4) is 0 Å². The fourth-order valence-electron chi connectivity index (χ4n) is 4.98. The van der Waals surface area contributed by atoms with Crippen LogP contribution in [0.4, 0.5) is 20.3 Å². The maximum atomic E-state index is 14.4. The molecule has 0 bridgehead atoms. The van der Waals surface area contributed by atoms with Crippen LogP contribution in [0.3, 0.4) is 0 Å². The van der Waals surface area contributed by atoms with Crippen molar-refractivity contribution in [2.45, 2.75) is 44.2 Å². The summed E-state index contributed by atoms with van der Waals surface area (Å²) in [6.07, 6.45) is 2.08. The number of nitrogen functional groups attached to an aromatic ring is 1. The highest BCUT2D eigenvalue weighted by Crippen LogP contribution is 2.38. The fraction of sp³-hybridized carbons (Fsp3) is 0.522. The molecule has 0 spiro atoms. The molecule has 1 aliphatic heterocycles. The molecular weight excluding hydrogens is 494 g/mol. The summed E-state index contributed by atoms with van der Waals surface area (Å²) in [4.78, 5) is 25.2. The summed E-state index contributed by atoms with van der Waals surface area (Å²) in [7, 11) is 1.27. The van der Waals surface area contributed by atoms with Crippen molar-refractivity contribution in [3.05, 3.63) is 33.3 Å². The molecule has 35 heavy (non-hydrogen) atoms. The second kappa shape index (κ2) is 9.23. The summed E-state index contributed by atoms with van der Waals surface area (Å²) in [5, 5.41) is 4.04. The largest absolute Gasteiger partial charge is 0.396 e. The first-order valence-electron chi connectivity index (χ1n) is 11.5. The topological polar surface area (TPSA) is 119 Å². The third-order valence-electron chi connectivity index (χ3n) is 6.75. The monoisotopic (exact) mass is 522 g/mol. The number of aromatic nitrogens is 2. The predicted molar refractivity (Wildman–Crippen MR) is 135 cm³/mol. The van der Waals surface area contributed by atoms with Crippen LogP contribution in [-0.4, -0.2) is 60.7 Å². The van der Waals surface area contributed by atoms with Crippen molar-refractivity contribution in [1.29, 1.82) is 0 Å². The minimum absolute atomic E-state index is 0.0331. The van der Waals surface area contributed by atoms with Gasteiger partial charge in [-0.3, -0.25) is 4.79 Å². The van der Waals surface area contributed by atoms with E-state index < -0.39 is 24.5 Å². The van der Waals surface area contributed by atoms with Gasteiger partial charge in [0.25, 0.3) is 11.8 Å². The second-order valence-electron chi connectivity index (χ2n) is 9.27. The maximum Gasteiger partial charge on any atom is 0.276 e. The number of hydrogen-bond acceptors (Lipinski definition) is 9. The first-order valence-corrected chi connectivity index (χ1v) is 13.1. The standard InChI is InChI=1S/C23H28F2N6O2S2/c1-11-28-22-20(34-11)18(27)19(35-22)21(32)29-13-4-5-16-12(7-13)3-6-17(30-16)31-8-14(15(26)9-31)23(24,25)10-33-2/h3,6,13-15H,4-5,7-10,26-27H2,1-2H3,(H,29,32). The molecule has 2 aliphatic rings. The quantitative estimate of drug-likeness (QED) is 0.455. The van der Waals surface area contributed by atoms with Gasteiger partial charge in [-0.05, 0) is 37.8 Å². The molecule has 1 aliphatic carbocycles. The Hall–Kier alpha value is -2.41. The smallest absolute Gasteiger partial charge is 0.276 e. The lowest BCUT2D eigenvalue weighted by atomic mass is 9.91. The Morgan fingerprint density at radius 3 is 2.86 bits per heavy atom. The number of alkyl halides is 2. The lowest BCUT2D eigenvalue weighted by Crippen LogP contribution is -2.43. The number of rotatable bonds is 6. The molecule has 3 aromatic rings. The van der Waals surface area contributed by atoms with Crippen molar-refractivity contribution < 1.29 is 18.3 Å². The van der Waals surface area contributed by atoms with Crippen molar-refractivity contribution in [1.82, 2.24) is 15.3 Å². The number of hydrogen-bond donors (Lipinski definition) is 3. The number of carbonyl (C=O) groups is 1. The predicted octanol–water partition coefficient (Wildman–Crippen LogP) is 2.98. The molecule has 1 saturated heterocycles. The summed E-state index contributed by atoms with van der Waals surface area (Å²) >= 11 is 2.82. The number of ether oxygens (including phenoxy) is 1. The fourth-order valence-corrected chi connectivity index (χ4v) is 7.07. The van der Waals surface area contributed by atoms with E-state index >= 15 is 0 Å². The molecule has 5 rings (SSSR count). The summed E-state index contributed by atoms with van der Waals surface area (Å²) in [6, 6.07) is 3.14. The van der Waals surface area contributed by atoms with E-state index in [1.807, 2.05) is 24.0 Å². The van der Waals surface area contributed by atoms with Crippen molar-refractivity contribution in [2.75, 3.05) is 37.4 Å². The lowest BCUT2D eigenvalue weighted by molar-refractivity contribution is -0.105. The van der Waals surface area contributed by atoms with Crippen LogP contribution in [0.15, 0.2) is 12.1 Å². The Kier molecular flexibility index (Phi) is 6.41. The summed E-state index contributed by atoms with van der Waals surface area (Å²) in [5.41, 5.74) is 14.7. The number of thiazole rings is 1. The number of nitrogens with two attached hydrogens (primary N) is 2. The van der Waals surface area contributed by atoms with Gasteiger partial charge in [0, 0.05) is 38.0 Å². The molecule has 3 aromatic heterocycles. The third-order valence-corrected chi connectivity index (χ3v) is 8.98. The number of anilines is 2. The van der Waals surface area contributed by atoms with Gasteiger partial charge in [0.15, 0.2) is 0 Å². The van der Waals surface area contributed by atoms with Crippen molar-refractivity contribution in [3.63, 3.8) is 0 Å². The number of thiophene rings is 1. The first kappa shape index (κ1) is 24.3. The third kappa shape index (κ3) is 4.59. The Morgan fingerprint density at radius 2 is 2.11 bits per heavy atom. The minimum Gasteiger partial charge on any atom is -0.396 e. The van der Waals surface area contributed by atoms with Crippen LogP contribution >= 0.6 is 22.7 Å². The van der Waals surface area contributed by atoms with Gasteiger partial charge in [-0.1, -0.05) is 6.07 Å². The van der Waals surface area contributed by atoms with Crippen LogP contribution in [0, 0.1) is 12.8 Å². The average Bonchev–Trinajstić information content (AvgIpc) is 3.47. The molecule has 1 amide bonds. The van der Waals surface area contributed by atoms with Gasteiger partial charge in [-0.15, -0.1) is 22.7 Å². The zero-order valence-corrected chi connectivity index (χ0v) is 21.1. The minimum atomic E-state index is -2.99. The van der Waals surface area contributed by atoms with Gasteiger partial charge >= 0.3 is 0 Å². The van der Waals surface area contributed by atoms with Gasteiger partial charge in [0.2, 0.25) is 0 Å². The van der Waals surface area contributed by atoms with Gasteiger partial charge < -0.3 is 26.4 Å². The van der Waals surface area contributed by atoms with Crippen LogP contribution < -0.4 is 21.7 Å². The second-order valence-corrected chi connectivity index (χ2v) is 11.5. The number of amides is 1. The zero-order chi connectivity index (χ0) is 24.9. The Morgan fingerprint density at radius 1 is 1.31 bits per heavy atom. The van der Waals surface area contributed by atoms with E-state index in [9.17, 15) is 13.6 Å². The van der Waals surface area contributed by atoms with Gasteiger partial charge in [-0.2, -0.15) is 0 Å². The lowest BCUT2D eigenvalue weighted by Gasteiger charge is -2.27. The van der Waals surface area contributed by atoms with E-state index in [1.54, 1.807) is 0 Å². The number of halogens is 2. The van der Waals surface area contributed by atoms with Crippen LogP contribution in [0.25, 0.3) is 9.53 Å². The average molecular weight is 523 g/mol. The van der Waals surface area contributed by atoms with Crippen molar-refractivity contribution >= 4 is 49.6 Å². The normalized spacial score (nSPS) is 22.5. The SMILES string of the molecule is COCC(F)(F)C1CN(c2ccc3c(n2)CCC(NC(=O)c2sc4nc(C)sc4c2N)C3)CC1N. The summed E-state index contributed by atoms with van der Waals surface area (Å²) in [5.74, 6) is -3.49. The maximum absolute atomic E-state index is 14.4. The van der Waals surface area contributed by atoms with Crippen LogP contribution in [0.2, 0.25) is 0 Å². The highest BCUT2D eigenvalue weighted by Gasteiger charge is 2.48. The molecule has 188 valence electrons. The molecule has 0 saturated carbocycles. The van der Waals surface area contributed by atoms with Gasteiger partial charge in [0.1, 0.15) is 22.1 Å². The number of nitrogens with one attached hydrogen (secondary N) is 1. The highest BCUT2D eigenvalue weighted by molar-refractivity contribution is 7.29. The van der Waals surface area contributed by atoms with E-state index in [4.69, 9.17) is 21.2 Å². The van der Waals surface area contributed by atoms with E-state index in [-0.39, 0.29) is 18.5 Å². The first-order chi connectivity index (χ1) is 16.7. The van der Waals surface area contributed by atoms with E-state index in [1.165, 1.54) is 29.8 Å². The Bertz CT molecular complexity index is 1260. The van der Waals surface area contributed by atoms with E-state index in [2.05, 4.69) is 10.3 Å². The van der Waals surface area contributed by atoms with Crippen LogP contribution in [-0.2, 0) is 17.6 Å². The Balaban J connectivity index is 1.25. The molecule has 8 nitrogen and oxygen atoms in total. The number of nitrogens with zero attached hydrogens (tertiary/aromatic N) is 3. The summed E-state index contributed by atoms with van der Waals surface area (Å²) < 4.78 is 34.4. The molecule has 0 aromatic carbocycles. The van der Waals surface area contributed by atoms with Crippen LogP contribution in [0.5, 0.6) is 0 Å². The molecule has 4 heterocycles. The number of carbonyl (C=O) groups excluding carboxylic acids is 1. The van der Waals surface area contributed by atoms with Gasteiger partial charge in [0.05, 0.1) is 21.3 Å². The van der Waals surface area contributed by atoms with Crippen molar-refractivity contribution in [2.24, 2.45) is 11.7 Å². The zero-order valence-electron chi connectivity index (χ0n) is 19.5. The van der Waals surface area contributed by atoms with E-state index in [0.29, 0.717) is 35.8 Å². The molecule has 3 unspecified atom stereocenters. The molecule has 5 N–H and O–H groups in total. The van der Waals surface area contributed by atoms with Crippen LogP contribution in [0.1, 0.15) is 32.4 Å². The highest BCUT2D eigenvalue weighted by atomic mass is 32.1. The van der Waals surface area contributed by atoms with E-state index in [0.717, 1.165) is 32.2 Å². The molecule has 12 heteroatoms. The number of methoxy groups -OCH3 is 1. The number of aryl methyl sites for hydroxylation is 2. The number of pyridine rings is 1. The molecular formula is C23H28F2N6O2S2. The molecule has 1 fully saturated rings. The van der Waals surface area contributed by atoms with Gasteiger partial charge in [-0.25, -0.2) is 18.7 Å². The molecule has 0 radical (unpaired) electrons.